The predicted octanol–water partition coefficient (Wildman–Crippen LogP) is 5.78. The molecule has 0 bridgehead atoms. The van der Waals surface area contributed by atoms with E-state index in [2.05, 4.69) is 21.2 Å². The van der Waals surface area contributed by atoms with Crippen molar-refractivity contribution in [1.29, 1.82) is 5.26 Å². The Hall–Kier alpha value is -3.08. The fourth-order valence-corrected chi connectivity index (χ4v) is 5.25. The minimum atomic E-state index is -1.17. The van der Waals surface area contributed by atoms with Gasteiger partial charge in [0.25, 0.3) is 5.91 Å². The molecule has 4 rings (SSSR count). The van der Waals surface area contributed by atoms with Gasteiger partial charge in [-0.25, -0.2) is 0 Å². The second-order valence-electron chi connectivity index (χ2n) is 9.88. The number of rotatable bonds is 8. The van der Waals surface area contributed by atoms with Crippen molar-refractivity contribution >= 4 is 34.8 Å². The smallest absolute Gasteiger partial charge is 0.251 e. The number of carbonyl (C=O) groups excluding carboxylic acids is 1. The van der Waals surface area contributed by atoms with Gasteiger partial charge in [-0.1, -0.05) is 54.4 Å². The highest BCUT2D eigenvalue weighted by molar-refractivity contribution is 6.31. The molecule has 0 radical (unpaired) electrons. The number of hydrogen-bond acceptors (Lipinski definition) is 5. The lowest BCUT2D eigenvalue weighted by molar-refractivity contribution is 0.0102. The van der Waals surface area contributed by atoms with Crippen LogP contribution in [0.1, 0.15) is 53.4 Å². The Balaban J connectivity index is 1.59. The second kappa shape index (κ2) is 12.2. The molecule has 1 aliphatic heterocycles. The third-order valence-electron chi connectivity index (χ3n) is 6.92. The van der Waals surface area contributed by atoms with Gasteiger partial charge < -0.3 is 15.3 Å². The zero-order chi connectivity index (χ0) is 27.3. The third kappa shape index (κ3) is 6.48. The maximum atomic E-state index is 12.5. The molecular weight excluding hydrogens is 519 g/mol. The lowest BCUT2D eigenvalue weighted by atomic mass is 9.92. The molecule has 0 aromatic heterocycles. The second-order valence-corrected chi connectivity index (χ2v) is 10.8. The summed E-state index contributed by atoms with van der Waals surface area (Å²) >= 11 is 12.3. The molecule has 2 N–H and O–H groups in total. The van der Waals surface area contributed by atoms with Crippen molar-refractivity contribution in [3.05, 3.63) is 99.0 Å². The molecule has 1 fully saturated rings. The number of anilines is 1. The van der Waals surface area contributed by atoms with E-state index in [1.165, 1.54) is 0 Å². The summed E-state index contributed by atoms with van der Waals surface area (Å²) in [4.78, 5) is 16.9. The minimum absolute atomic E-state index is 0.0729. The van der Waals surface area contributed by atoms with Gasteiger partial charge in [0.15, 0.2) is 0 Å². The summed E-state index contributed by atoms with van der Waals surface area (Å²) in [6.45, 7) is 6.75. The number of β-amino-alcohol motifs (C(OH)–C–C–N with tert-alkyl or cyclic N) is 1. The van der Waals surface area contributed by atoms with Crippen LogP contribution in [-0.4, -0.2) is 48.6 Å². The first-order chi connectivity index (χ1) is 18.2. The first kappa shape index (κ1) is 27.9. The third-order valence-corrected chi connectivity index (χ3v) is 7.41. The maximum absolute atomic E-state index is 12.5. The van der Waals surface area contributed by atoms with Crippen molar-refractivity contribution in [2.75, 3.05) is 37.6 Å². The van der Waals surface area contributed by atoms with Gasteiger partial charge in [0.05, 0.1) is 22.9 Å². The summed E-state index contributed by atoms with van der Waals surface area (Å²) in [6.07, 6.45) is 0.857. The Morgan fingerprint density at radius 2 is 1.84 bits per heavy atom. The van der Waals surface area contributed by atoms with Gasteiger partial charge in [0.1, 0.15) is 6.07 Å². The number of aliphatic hydroxyl groups is 1. The largest absolute Gasteiger partial charge is 0.384 e. The number of halogens is 2. The van der Waals surface area contributed by atoms with Crippen molar-refractivity contribution < 1.29 is 9.90 Å². The molecule has 3 aromatic rings. The van der Waals surface area contributed by atoms with Crippen LogP contribution in [0.2, 0.25) is 10.0 Å². The van der Waals surface area contributed by atoms with Crippen LogP contribution in [0.5, 0.6) is 0 Å². The van der Waals surface area contributed by atoms with Crippen LogP contribution >= 0.6 is 23.2 Å². The zero-order valence-electron chi connectivity index (χ0n) is 21.6. The number of amides is 1. The molecule has 1 saturated heterocycles. The Bertz CT molecular complexity index is 1320. The summed E-state index contributed by atoms with van der Waals surface area (Å²) < 4.78 is 0. The van der Waals surface area contributed by atoms with Gasteiger partial charge in [-0.15, -0.1) is 0 Å². The average molecular weight is 552 g/mol. The van der Waals surface area contributed by atoms with E-state index in [9.17, 15) is 15.2 Å². The van der Waals surface area contributed by atoms with E-state index < -0.39 is 5.60 Å². The molecule has 2 atom stereocenters. The number of nitrogens with one attached hydrogen (secondary N) is 1. The van der Waals surface area contributed by atoms with Crippen molar-refractivity contribution in [3.63, 3.8) is 0 Å². The monoisotopic (exact) mass is 550 g/mol. The van der Waals surface area contributed by atoms with Crippen LogP contribution in [0.25, 0.3) is 0 Å². The normalized spacial score (nSPS) is 17.5. The predicted molar refractivity (Wildman–Crippen MR) is 153 cm³/mol. The average Bonchev–Trinajstić information content (AvgIpc) is 2.92. The van der Waals surface area contributed by atoms with Crippen LogP contribution < -0.4 is 10.2 Å². The zero-order valence-corrected chi connectivity index (χ0v) is 23.1. The summed E-state index contributed by atoms with van der Waals surface area (Å²) in [5, 5.41) is 25.4. The first-order valence-corrected chi connectivity index (χ1v) is 13.5. The van der Waals surface area contributed by atoms with E-state index in [0.717, 1.165) is 17.7 Å². The molecule has 0 unspecified atom stereocenters. The Morgan fingerprint density at radius 1 is 1.11 bits per heavy atom. The standard InChI is InChI=1S/C30H32Cl2N4O2/c1-3-13-34-29(37)22-5-4-6-24(16-22)30(2,38)20-35-14-15-36(27-12-11-26(32)17-23(27)18-33)28(19-35)21-7-9-25(31)10-8-21/h4-12,16-17,28,38H,3,13-15,19-20H2,1-2H3,(H,34,37)/t28-,30+/m0/s1. The first-order valence-electron chi connectivity index (χ1n) is 12.8. The van der Waals surface area contributed by atoms with Crippen molar-refractivity contribution in [2.45, 2.75) is 31.9 Å². The number of hydrogen-bond donors (Lipinski definition) is 2. The number of benzene rings is 3. The highest BCUT2D eigenvalue weighted by atomic mass is 35.5. The number of nitriles is 1. The molecule has 0 aliphatic carbocycles. The van der Waals surface area contributed by atoms with E-state index >= 15 is 0 Å². The molecule has 6 nitrogen and oxygen atoms in total. The fraction of sp³-hybridized carbons (Fsp3) is 0.333. The molecule has 0 saturated carbocycles. The SMILES string of the molecule is CCCNC(=O)c1cccc([C@](C)(O)CN2CCN(c3ccc(Cl)cc3C#N)[C@H](c3ccc(Cl)cc3)C2)c1. The fourth-order valence-electron chi connectivity index (χ4n) is 4.95. The quantitative estimate of drug-likeness (QED) is 0.371. The maximum Gasteiger partial charge on any atom is 0.251 e. The van der Waals surface area contributed by atoms with Gasteiger partial charge in [-0.3, -0.25) is 9.69 Å². The van der Waals surface area contributed by atoms with Crippen molar-refractivity contribution in [3.8, 4) is 6.07 Å². The molecule has 0 spiro atoms. The lowest BCUT2D eigenvalue weighted by Gasteiger charge is -2.45. The topological polar surface area (TPSA) is 79.6 Å². The van der Waals surface area contributed by atoms with Gasteiger partial charge in [-0.05, 0) is 66.9 Å². The van der Waals surface area contributed by atoms with E-state index in [1.807, 2.05) is 49.4 Å². The molecule has 1 amide bonds. The summed E-state index contributed by atoms with van der Waals surface area (Å²) in [5.41, 5.74) is 2.46. The lowest BCUT2D eigenvalue weighted by Crippen LogP contribution is -2.52. The summed E-state index contributed by atoms with van der Waals surface area (Å²) in [7, 11) is 0. The Labute approximate surface area is 234 Å². The number of piperazine rings is 1. The Morgan fingerprint density at radius 3 is 2.55 bits per heavy atom. The van der Waals surface area contributed by atoms with Gasteiger partial charge in [0.2, 0.25) is 0 Å². The molecular formula is C30H32Cl2N4O2. The van der Waals surface area contributed by atoms with E-state index in [1.54, 1.807) is 31.2 Å². The molecule has 198 valence electrons. The summed E-state index contributed by atoms with van der Waals surface area (Å²) in [6, 6.07) is 22.5. The van der Waals surface area contributed by atoms with Crippen LogP contribution in [-0.2, 0) is 5.60 Å². The number of carbonyl (C=O) groups is 1. The molecule has 38 heavy (non-hydrogen) atoms. The molecule has 1 heterocycles. The van der Waals surface area contributed by atoms with E-state index in [0.29, 0.717) is 59.5 Å². The number of nitrogens with zero attached hydrogens (tertiary/aromatic N) is 3. The highest BCUT2D eigenvalue weighted by Gasteiger charge is 2.34. The van der Waals surface area contributed by atoms with Crippen LogP contribution in [0.15, 0.2) is 66.7 Å². The van der Waals surface area contributed by atoms with Crippen molar-refractivity contribution in [2.24, 2.45) is 0 Å². The van der Waals surface area contributed by atoms with Crippen LogP contribution in [0.4, 0.5) is 5.69 Å². The Kier molecular flexibility index (Phi) is 8.96. The van der Waals surface area contributed by atoms with Gasteiger partial charge in [0, 0.05) is 48.3 Å². The van der Waals surface area contributed by atoms with Gasteiger partial charge in [-0.2, -0.15) is 5.26 Å². The highest BCUT2D eigenvalue weighted by Crippen LogP contribution is 2.35. The van der Waals surface area contributed by atoms with Gasteiger partial charge >= 0.3 is 0 Å². The molecule has 3 aromatic carbocycles. The van der Waals surface area contributed by atoms with Crippen molar-refractivity contribution in [1.82, 2.24) is 10.2 Å². The molecule has 1 aliphatic rings. The van der Waals surface area contributed by atoms with E-state index in [-0.39, 0.29) is 11.9 Å². The van der Waals surface area contributed by atoms with E-state index in [4.69, 9.17) is 23.2 Å². The van der Waals surface area contributed by atoms with Crippen LogP contribution in [0.3, 0.4) is 0 Å². The van der Waals surface area contributed by atoms with Crippen LogP contribution in [0, 0.1) is 11.3 Å². The summed E-state index contributed by atoms with van der Waals surface area (Å²) in [5.74, 6) is -0.142. The minimum Gasteiger partial charge on any atom is -0.384 e. The molecule has 8 heteroatoms.